The van der Waals surface area contributed by atoms with E-state index in [0.29, 0.717) is 24.0 Å². The summed E-state index contributed by atoms with van der Waals surface area (Å²) in [6.45, 7) is 5.84. The smallest absolute Gasteiger partial charge is 0.200 e. The molecule has 6 nitrogen and oxygen atoms in total. The molecule has 0 spiro atoms. The molecule has 3 N–H and O–H groups in total. The number of hydrogen-bond donors (Lipinski definition) is 3. The molecule has 1 aromatic carbocycles. The number of rotatable bonds is 8. The number of benzene rings is 1. The quantitative estimate of drug-likeness (QED) is 0.322. The number of methoxy groups -OCH3 is 2. The summed E-state index contributed by atoms with van der Waals surface area (Å²) in [5.41, 5.74) is 0.932. The van der Waals surface area contributed by atoms with Gasteiger partial charge in [0, 0.05) is 20.1 Å². The number of ether oxygens (including phenoxy) is 2. The molecule has 0 aliphatic heterocycles. The summed E-state index contributed by atoms with van der Waals surface area (Å²) in [6.07, 6.45) is 2.29. The first kappa shape index (κ1) is 22.6. The van der Waals surface area contributed by atoms with Crippen LogP contribution in [0.1, 0.15) is 32.3 Å². The van der Waals surface area contributed by atoms with E-state index in [2.05, 4.69) is 29.5 Å². The topological polar surface area (TPSA) is 75.1 Å². The van der Waals surface area contributed by atoms with E-state index in [-0.39, 0.29) is 29.7 Å². The summed E-state index contributed by atoms with van der Waals surface area (Å²) in [7, 11) is 4.78. The number of hydrogen-bond acceptors (Lipinski definition) is 4. The highest BCUT2D eigenvalue weighted by atomic mass is 127. The molecule has 0 saturated carbocycles. The van der Waals surface area contributed by atoms with Crippen LogP contribution in [-0.2, 0) is 6.54 Å². The molecule has 0 atom stereocenters. The van der Waals surface area contributed by atoms with Gasteiger partial charge in [0.2, 0.25) is 5.75 Å². The van der Waals surface area contributed by atoms with E-state index in [1.807, 2.05) is 0 Å². The van der Waals surface area contributed by atoms with Crippen molar-refractivity contribution in [3.63, 3.8) is 0 Å². The second kappa shape index (κ2) is 12.0. The Hall–Kier alpha value is -1.38. The summed E-state index contributed by atoms with van der Waals surface area (Å²) in [5.74, 6) is 2.18. The van der Waals surface area contributed by atoms with Crippen LogP contribution < -0.4 is 20.1 Å². The van der Waals surface area contributed by atoms with Gasteiger partial charge in [-0.2, -0.15) is 0 Å². The van der Waals surface area contributed by atoms with E-state index in [9.17, 15) is 5.11 Å². The lowest BCUT2D eigenvalue weighted by Crippen LogP contribution is -2.39. The minimum Gasteiger partial charge on any atom is -0.502 e. The first-order chi connectivity index (χ1) is 11.1. The van der Waals surface area contributed by atoms with E-state index in [4.69, 9.17) is 9.47 Å². The molecule has 0 aliphatic carbocycles. The maximum atomic E-state index is 9.93. The van der Waals surface area contributed by atoms with Gasteiger partial charge in [0.1, 0.15) is 0 Å². The predicted molar refractivity (Wildman–Crippen MR) is 109 cm³/mol. The van der Waals surface area contributed by atoms with Crippen LogP contribution in [0.25, 0.3) is 0 Å². The number of phenolic OH excluding ortho intramolecular Hbond substituents is 1. The third-order valence-corrected chi connectivity index (χ3v) is 3.94. The van der Waals surface area contributed by atoms with E-state index >= 15 is 0 Å². The molecule has 0 heterocycles. The fraction of sp³-hybridized carbons (Fsp3) is 0.588. The normalized spacial score (nSPS) is 11.0. The summed E-state index contributed by atoms with van der Waals surface area (Å²) < 4.78 is 10.3. The lowest BCUT2D eigenvalue weighted by Gasteiger charge is -2.17. The largest absolute Gasteiger partial charge is 0.502 e. The fourth-order valence-corrected chi connectivity index (χ4v) is 2.27. The zero-order valence-corrected chi connectivity index (χ0v) is 17.5. The molecule has 1 rings (SSSR count). The Morgan fingerprint density at radius 2 is 1.67 bits per heavy atom. The van der Waals surface area contributed by atoms with Crippen LogP contribution in [0.4, 0.5) is 0 Å². The van der Waals surface area contributed by atoms with Crippen molar-refractivity contribution in [2.45, 2.75) is 33.2 Å². The van der Waals surface area contributed by atoms with Crippen molar-refractivity contribution in [1.29, 1.82) is 0 Å². The number of halogens is 1. The van der Waals surface area contributed by atoms with Crippen LogP contribution in [0.3, 0.4) is 0 Å². The number of aromatic hydroxyl groups is 1. The van der Waals surface area contributed by atoms with Crippen LogP contribution in [-0.4, -0.2) is 38.9 Å². The van der Waals surface area contributed by atoms with Gasteiger partial charge in [-0.15, -0.1) is 24.0 Å². The average molecular weight is 451 g/mol. The second-order valence-corrected chi connectivity index (χ2v) is 5.34. The van der Waals surface area contributed by atoms with Crippen LogP contribution in [0.2, 0.25) is 0 Å². The first-order valence-electron chi connectivity index (χ1n) is 7.97. The van der Waals surface area contributed by atoms with Crippen molar-refractivity contribution >= 4 is 29.9 Å². The monoisotopic (exact) mass is 451 g/mol. The van der Waals surface area contributed by atoms with Crippen molar-refractivity contribution in [2.75, 3.05) is 27.8 Å². The second-order valence-electron chi connectivity index (χ2n) is 5.34. The maximum absolute atomic E-state index is 9.93. The van der Waals surface area contributed by atoms with Crippen molar-refractivity contribution in [3.05, 3.63) is 17.7 Å². The van der Waals surface area contributed by atoms with E-state index in [1.165, 1.54) is 14.2 Å². The van der Waals surface area contributed by atoms with Gasteiger partial charge >= 0.3 is 0 Å². The molecule has 0 aromatic heterocycles. The maximum Gasteiger partial charge on any atom is 0.200 e. The van der Waals surface area contributed by atoms with Gasteiger partial charge < -0.3 is 25.2 Å². The molecule has 0 saturated heterocycles. The Bertz CT molecular complexity index is 495. The van der Waals surface area contributed by atoms with Gasteiger partial charge in [-0.1, -0.05) is 26.7 Å². The molecular weight excluding hydrogens is 421 g/mol. The Morgan fingerprint density at radius 1 is 1.12 bits per heavy atom. The molecular formula is C17H30IN3O3. The lowest BCUT2D eigenvalue weighted by atomic mass is 10.0. The Morgan fingerprint density at radius 3 is 2.08 bits per heavy atom. The predicted octanol–water partition coefficient (Wildman–Crippen LogP) is 3.13. The third-order valence-electron chi connectivity index (χ3n) is 3.94. The van der Waals surface area contributed by atoms with E-state index < -0.39 is 0 Å². The molecule has 0 unspecified atom stereocenters. The molecule has 0 amide bonds. The van der Waals surface area contributed by atoms with Gasteiger partial charge in [-0.05, 0) is 23.6 Å². The molecule has 0 aliphatic rings. The molecule has 0 fully saturated rings. The van der Waals surface area contributed by atoms with E-state index in [1.54, 1.807) is 19.2 Å². The Kier molecular flexibility index (Phi) is 11.4. The Balaban J connectivity index is 0.00000529. The SMILES string of the molecule is CCC(CC)CNC(=NC)NCc1cc(OC)c(O)c(OC)c1.I. The molecule has 1 aromatic rings. The van der Waals surface area contributed by atoms with Crippen molar-refractivity contribution < 1.29 is 14.6 Å². The van der Waals surface area contributed by atoms with Crippen LogP contribution in [0.5, 0.6) is 17.2 Å². The highest BCUT2D eigenvalue weighted by molar-refractivity contribution is 14.0. The van der Waals surface area contributed by atoms with Gasteiger partial charge in [-0.3, -0.25) is 4.99 Å². The summed E-state index contributed by atoms with van der Waals surface area (Å²) in [4.78, 5) is 4.23. The van der Waals surface area contributed by atoms with Gasteiger partial charge in [0.25, 0.3) is 0 Å². The van der Waals surface area contributed by atoms with E-state index in [0.717, 1.165) is 30.9 Å². The number of phenols is 1. The molecule has 0 bridgehead atoms. The van der Waals surface area contributed by atoms with Gasteiger partial charge in [0.15, 0.2) is 17.5 Å². The van der Waals surface area contributed by atoms with Crippen molar-refractivity contribution in [2.24, 2.45) is 10.9 Å². The minimum atomic E-state index is 0. The number of aliphatic imine (C=N–C) groups is 1. The first-order valence-corrected chi connectivity index (χ1v) is 7.97. The van der Waals surface area contributed by atoms with Crippen molar-refractivity contribution in [1.82, 2.24) is 10.6 Å². The van der Waals surface area contributed by atoms with Crippen LogP contribution >= 0.6 is 24.0 Å². The van der Waals surface area contributed by atoms with Gasteiger partial charge in [-0.25, -0.2) is 0 Å². The van der Waals surface area contributed by atoms with Crippen LogP contribution in [0.15, 0.2) is 17.1 Å². The Labute approximate surface area is 162 Å². The number of nitrogens with zero attached hydrogens (tertiary/aromatic N) is 1. The lowest BCUT2D eigenvalue weighted by molar-refractivity contribution is 0.339. The number of guanidine groups is 1. The minimum absolute atomic E-state index is 0. The summed E-state index contributed by atoms with van der Waals surface area (Å²) in [6, 6.07) is 3.55. The highest BCUT2D eigenvalue weighted by Crippen LogP contribution is 2.36. The van der Waals surface area contributed by atoms with Crippen molar-refractivity contribution in [3.8, 4) is 17.2 Å². The fourth-order valence-electron chi connectivity index (χ4n) is 2.27. The number of nitrogens with one attached hydrogen (secondary N) is 2. The molecule has 7 heteroatoms. The third kappa shape index (κ3) is 6.62. The summed E-state index contributed by atoms with van der Waals surface area (Å²) >= 11 is 0. The van der Waals surface area contributed by atoms with Crippen LogP contribution in [0, 0.1) is 5.92 Å². The summed E-state index contributed by atoms with van der Waals surface area (Å²) in [5, 5.41) is 16.5. The molecule has 0 radical (unpaired) electrons. The zero-order chi connectivity index (χ0) is 17.2. The molecule has 24 heavy (non-hydrogen) atoms. The van der Waals surface area contributed by atoms with Gasteiger partial charge in [0.05, 0.1) is 14.2 Å². The highest BCUT2D eigenvalue weighted by Gasteiger charge is 2.11. The average Bonchev–Trinajstić information content (AvgIpc) is 2.59. The standard InChI is InChI=1S/C17H29N3O3.HI/c1-6-12(7-2)10-19-17(18-3)20-11-13-8-14(22-4)16(21)15(9-13)23-5;/h8-9,12,21H,6-7,10-11H2,1-5H3,(H2,18,19,20);1H. The molecule has 138 valence electrons. The zero-order valence-electron chi connectivity index (χ0n) is 15.2.